The Morgan fingerprint density at radius 3 is 2.09 bits per heavy atom. The summed E-state index contributed by atoms with van der Waals surface area (Å²) in [4.78, 5) is 13.4. The average Bonchev–Trinajstić information content (AvgIpc) is 3.33. The molecule has 10 nitrogen and oxygen atoms in total. The van der Waals surface area contributed by atoms with Gasteiger partial charge < -0.3 is 10.4 Å². The summed E-state index contributed by atoms with van der Waals surface area (Å²) < 4.78 is 53.6. The molecule has 0 spiro atoms. The highest BCUT2D eigenvalue weighted by molar-refractivity contribution is 8.24. The molecule has 2 atom stereocenters. The van der Waals surface area contributed by atoms with E-state index in [0.29, 0.717) is 17.8 Å². The zero-order valence-electron chi connectivity index (χ0n) is 24.6. The first-order valence-electron chi connectivity index (χ1n) is 14.7. The molecule has 1 unspecified atom stereocenters. The number of carbonyl (C=O) groups is 1. The van der Waals surface area contributed by atoms with Crippen molar-refractivity contribution in [2.45, 2.75) is 42.8 Å². The normalized spacial score (nSPS) is 17.5. The number of aliphatic hydroxyl groups is 1. The molecule has 0 saturated carbocycles. The second-order valence-corrected chi connectivity index (χ2v) is 14.3. The van der Waals surface area contributed by atoms with Crippen LogP contribution in [-0.4, -0.2) is 53.9 Å². The van der Waals surface area contributed by atoms with Gasteiger partial charge in [-0.1, -0.05) is 95.9 Å². The number of benzene rings is 4. The van der Waals surface area contributed by atoms with E-state index in [1.165, 1.54) is 22.0 Å². The zero-order valence-corrected chi connectivity index (χ0v) is 26.3. The number of aryl methyl sites for hydroxylation is 1. The monoisotopic (exact) mass is 650 g/mol. The van der Waals surface area contributed by atoms with Gasteiger partial charge in [-0.3, -0.25) is 18.2 Å². The first-order chi connectivity index (χ1) is 21.6. The van der Waals surface area contributed by atoms with E-state index in [1.807, 2.05) is 48.5 Å². The number of nitrogens with one attached hydrogen (secondary N) is 3. The molecule has 1 aliphatic heterocycles. The number of β-amino-alcohol motifs (C(OH)–C–C–N with tert-alkyl or cyclic N) is 1. The van der Waals surface area contributed by atoms with Crippen molar-refractivity contribution in [2.24, 2.45) is 0 Å². The molecular formula is C33H38N4O6S2. The fraction of sp³-hybridized carbons (Fsp3) is 0.242. The van der Waals surface area contributed by atoms with Crippen LogP contribution in [0.3, 0.4) is 0 Å². The van der Waals surface area contributed by atoms with Gasteiger partial charge in [0, 0.05) is 6.54 Å². The molecule has 0 radical (unpaired) electrons. The summed E-state index contributed by atoms with van der Waals surface area (Å²) in [5.74, 6) is -0.440. The highest BCUT2D eigenvalue weighted by atomic mass is 32.3. The molecule has 0 aliphatic carbocycles. The molecule has 238 valence electrons. The standard InChI is InChI=1S/C33H38N4O6S2/c38-32-24-37(45(42,43)36-32)29-18-14-26(15-19-29)23-31(33(39)34-22-8-7-11-25-9-3-1-4-10-25)35-44(40,41)30-20-16-28(17-21-30)27-12-5-2-6-13-27/h1-6,9-10,12-21,31-32,35-36,38,42-43H,7-8,11,22-24H2,(H,34,39)/t31-,32?/m0/s1. The Morgan fingerprint density at radius 1 is 0.844 bits per heavy atom. The number of hydrogen-bond acceptors (Lipinski definition) is 8. The van der Waals surface area contributed by atoms with Gasteiger partial charge in [-0.2, -0.15) is 9.44 Å². The summed E-state index contributed by atoms with van der Waals surface area (Å²) >= 11 is 0. The third-order valence-electron chi connectivity index (χ3n) is 7.52. The number of anilines is 1. The Hall–Kier alpha value is -3.75. The Morgan fingerprint density at radius 2 is 1.47 bits per heavy atom. The van der Waals surface area contributed by atoms with Crippen LogP contribution >= 0.6 is 11.0 Å². The van der Waals surface area contributed by atoms with Crippen LogP contribution in [0, 0.1) is 0 Å². The van der Waals surface area contributed by atoms with Gasteiger partial charge in [-0.25, -0.2) is 8.42 Å². The summed E-state index contributed by atoms with van der Waals surface area (Å²) in [6, 6.07) is 31.8. The molecule has 45 heavy (non-hydrogen) atoms. The number of sulfonamides is 1. The van der Waals surface area contributed by atoms with Crippen molar-refractivity contribution in [3.63, 3.8) is 0 Å². The van der Waals surface area contributed by atoms with E-state index < -0.39 is 39.2 Å². The van der Waals surface area contributed by atoms with Gasteiger partial charge in [0.05, 0.1) is 17.1 Å². The molecule has 4 aromatic carbocycles. The molecule has 1 saturated heterocycles. The molecular weight excluding hydrogens is 613 g/mol. The van der Waals surface area contributed by atoms with Crippen molar-refractivity contribution < 1.29 is 27.4 Å². The largest absolute Gasteiger partial charge is 0.375 e. The quantitative estimate of drug-likeness (QED) is 0.114. The highest BCUT2D eigenvalue weighted by Gasteiger charge is 2.35. The summed E-state index contributed by atoms with van der Waals surface area (Å²) in [6.45, 7) is 0.386. The molecule has 1 heterocycles. The van der Waals surface area contributed by atoms with Crippen molar-refractivity contribution in [3.8, 4) is 11.1 Å². The number of unbranched alkanes of at least 4 members (excludes halogenated alkanes) is 1. The lowest BCUT2D eigenvalue weighted by Gasteiger charge is -2.36. The second kappa shape index (κ2) is 14.6. The van der Waals surface area contributed by atoms with Gasteiger partial charge in [0.1, 0.15) is 12.3 Å². The number of hydrogen-bond donors (Lipinski definition) is 6. The number of carbonyl (C=O) groups excluding carboxylic acids is 1. The Balaban J connectivity index is 1.28. The summed E-state index contributed by atoms with van der Waals surface area (Å²) in [6.07, 6.45) is 1.46. The van der Waals surface area contributed by atoms with E-state index in [2.05, 4.69) is 26.9 Å². The molecule has 5 rings (SSSR count). The Kier molecular flexibility index (Phi) is 10.6. The van der Waals surface area contributed by atoms with Crippen molar-refractivity contribution in [1.29, 1.82) is 0 Å². The van der Waals surface area contributed by atoms with E-state index in [-0.39, 0.29) is 17.9 Å². The number of aliphatic hydroxyl groups excluding tert-OH is 1. The van der Waals surface area contributed by atoms with Crippen LogP contribution in [0.5, 0.6) is 0 Å². The van der Waals surface area contributed by atoms with Crippen molar-refractivity contribution in [1.82, 2.24) is 14.8 Å². The minimum absolute atomic E-state index is 0.0140. The predicted octanol–water partition coefficient (Wildman–Crippen LogP) is 4.69. The average molecular weight is 651 g/mol. The van der Waals surface area contributed by atoms with E-state index in [1.54, 1.807) is 36.4 Å². The lowest BCUT2D eigenvalue weighted by molar-refractivity contribution is -0.122. The summed E-state index contributed by atoms with van der Waals surface area (Å²) in [5, 5.41) is 12.7. The fourth-order valence-corrected chi connectivity index (χ4v) is 7.69. The molecule has 0 bridgehead atoms. The molecule has 12 heteroatoms. The van der Waals surface area contributed by atoms with Gasteiger partial charge in [0.15, 0.2) is 0 Å². The molecule has 6 N–H and O–H groups in total. The van der Waals surface area contributed by atoms with Gasteiger partial charge in [0.2, 0.25) is 15.9 Å². The van der Waals surface area contributed by atoms with Gasteiger partial charge in [0.25, 0.3) is 0 Å². The van der Waals surface area contributed by atoms with Gasteiger partial charge in [-0.15, -0.1) is 0 Å². The fourth-order valence-electron chi connectivity index (χ4n) is 5.16. The minimum Gasteiger partial charge on any atom is -0.375 e. The maximum absolute atomic E-state index is 13.5. The van der Waals surface area contributed by atoms with Crippen LogP contribution in [0.25, 0.3) is 11.1 Å². The zero-order chi connectivity index (χ0) is 31.9. The number of amides is 1. The highest BCUT2D eigenvalue weighted by Crippen LogP contribution is 2.46. The van der Waals surface area contributed by atoms with E-state index >= 15 is 0 Å². The van der Waals surface area contributed by atoms with Crippen molar-refractivity contribution in [2.75, 3.05) is 17.4 Å². The molecule has 4 aromatic rings. The van der Waals surface area contributed by atoms with E-state index in [4.69, 9.17) is 0 Å². The maximum atomic E-state index is 13.5. The lowest BCUT2D eigenvalue weighted by atomic mass is 10.1. The van der Waals surface area contributed by atoms with E-state index in [0.717, 1.165) is 30.4 Å². The second-order valence-electron chi connectivity index (χ2n) is 10.9. The third kappa shape index (κ3) is 8.70. The van der Waals surface area contributed by atoms with Crippen LogP contribution < -0.4 is 19.1 Å². The Bertz CT molecular complexity index is 1660. The summed E-state index contributed by atoms with van der Waals surface area (Å²) in [5.41, 5.74) is 4.17. The summed E-state index contributed by atoms with van der Waals surface area (Å²) in [7, 11) is -7.43. The molecule has 0 aromatic heterocycles. The van der Waals surface area contributed by atoms with Crippen LogP contribution in [0.2, 0.25) is 0 Å². The Labute approximate surface area is 265 Å². The first-order valence-corrected chi connectivity index (χ1v) is 17.7. The van der Waals surface area contributed by atoms with Gasteiger partial charge in [-0.05, 0) is 72.2 Å². The lowest BCUT2D eigenvalue weighted by Crippen LogP contribution is -2.48. The first kappa shape index (κ1) is 32.6. The third-order valence-corrected chi connectivity index (χ3v) is 10.6. The van der Waals surface area contributed by atoms with Crippen molar-refractivity contribution in [3.05, 3.63) is 120 Å². The number of nitrogens with zero attached hydrogens (tertiary/aromatic N) is 1. The van der Waals surface area contributed by atoms with Crippen molar-refractivity contribution >= 4 is 32.6 Å². The molecule has 1 amide bonds. The SMILES string of the molecule is O=C(NCCCCc1ccccc1)[C@H](Cc1ccc(N2CC(O)NS2(O)O)cc1)NS(=O)(=O)c1ccc(-c2ccccc2)cc1. The molecule has 1 aliphatic rings. The van der Waals surface area contributed by atoms with Crippen LogP contribution in [-0.2, 0) is 27.7 Å². The predicted molar refractivity (Wildman–Crippen MR) is 178 cm³/mol. The van der Waals surface area contributed by atoms with Crippen LogP contribution in [0.4, 0.5) is 5.69 Å². The smallest absolute Gasteiger partial charge is 0.241 e. The molecule has 1 fully saturated rings. The maximum Gasteiger partial charge on any atom is 0.241 e. The van der Waals surface area contributed by atoms with Gasteiger partial charge >= 0.3 is 0 Å². The number of rotatable bonds is 13. The van der Waals surface area contributed by atoms with E-state index in [9.17, 15) is 27.4 Å². The van der Waals surface area contributed by atoms with Crippen LogP contribution in [0.1, 0.15) is 24.0 Å². The van der Waals surface area contributed by atoms with Crippen LogP contribution in [0.15, 0.2) is 114 Å². The minimum atomic E-state index is -4.06. The topological polar surface area (TPSA) is 151 Å².